The summed E-state index contributed by atoms with van der Waals surface area (Å²) in [6.45, 7) is 3.58. The van der Waals surface area contributed by atoms with E-state index in [0.717, 1.165) is 51.6 Å². The molecule has 4 atom stereocenters. The molecule has 1 saturated carbocycles. The van der Waals surface area contributed by atoms with Crippen LogP contribution in [0.3, 0.4) is 0 Å². The molecule has 1 heterocycles. The third-order valence-corrected chi connectivity index (χ3v) is 4.79. The molecule has 2 rings (SSSR count). The van der Waals surface area contributed by atoms with Crippen LogP contribution in [-0.2, 0) is 4.74 Å². The minimum absolute atomic E-state index is 0.0334. The molecule has 0 aromatic carbocycles. The summed E-state index contributed by atoms with van der Waals surface area (Å²) in [5.41, 5.74) is 0. The number of urea groups is 1. The standard InChI is InChI=1S/C16H30N2O3/c1-12(8-9-14-6-4-10-21-14)17-16(20)18(2)11-13-5-3-7-15(13)19/h12-15,19H,3-11H2,1-2H3,(H,17,20)/t12-,13-,14+,15-/m1/s1. The molecule has 5 heteroatoms. The average Bonchev–Trinajstić information content (AvgIpc) is 3.09. The lowest BCUT2D eigenvalue weighted by molar-refractivity contribution is 0.0992. The summed E-state index contributed by atoms with van der Waals surface area (Å²) in [5.74, 6) is 0.239. The number of amides is 2. The quantitative estimate of drug-likeness (QED) is 0.790. The van der Waals surface area contributed by atoms with Gasteiger partial charge in [-0.1, -0.05) is 6.42 Å². The van der Waals surface area contributed by atoms with E-state index in [4.69, 9.17) is 4.74 Å². The van der Waals surface area contributed by atoms with E-state index in [1.165, 1.54) is 0 Å². The highest BCUT2D eigenvalue weighted by Crippen LogP contribution is 2.26. The summed E-state index contributed by atoms with van der Waals surface area (Å²) in [6.07, 6.45) is 7.40. The minimum atomic E-state index is -0.239. The Labute approximate surface area is 128 Å². The number of nitrogens with zero attached hydrogens (tertiary/aromatic N) is 1. The van der Waals surface area contributed by atoms with Crippen LogP contribution < -0.4 is 5.32 Å². The Morgan fingerprint density at radius 1 is 1.38 bits per heavy atom. The first-order valence-electron chi connectivity index (χ1n) is 8.37. The predicted molar refractivity (Wildman–Crippen MR) is 82.2 cm³/mol. The van der Waals surface area contributed by atoms with Gasteiger partial charge in [0.1, 0.15) is 0 Å². The summed E-state index contributed by atoms with van der Waals surface area (Å²) in [4.78, 5) is 13.9. The van der Waals surface area contributed by atoms with E-state index in [-0.39, 0.29) is 24.1 Å². The lowest BCUT2D eigenvalue weighted by Gasteiger charge is -2.25. The van der Waals surface area contributed by atoms with Crippen LogP contribution in [0, 0.1) is 5.92 Å². The topological polar surface area (TPSA) is 61.8 Å². The molecular formula is C16H30N2O3. The van der Waals surface area contributed by atoms with Gasteiger partial charge in [0, 0.05) is 32.2 Å². The molecule has 0 unspecified atom stereocenters. The fourth-order valence-electron chi connectivity index (χ4n) is 3.37. The van der Waals surface area contributed by atoms with Gasteiger partial charge in [-0.05, 0) is 45.4 Å². The number of rotatable bonds is 6. The predicted octanol–water partition coefficient (Wildman–Crippen LogP) is 2.14. The molecule has 1 aliphatic heterocycles. The van der Waals surface area contributed by atoms with Crippen molar-refractivity contribution in [2.24, 2.45) is 5.92 Å². The van der Waals surface area contributed by atoms with Crippen molar-refractivity contribution in [3.05, 3.63) is 0 Å². The Hall–Kier alpha value is -0.810. The van der Waals surface area contributed by atoms with Crippen LogP contribution in [0.25, 0.3) is 0 Å². The lowest BCUT2D eigenvalue weighted by Crippen LogP contribution is -2.44. The van der Waals surface area contributed by atoms with Gasteiger partial charge in [-0.15, -0.1) is 0 Å². The second-order valence-corrected chi connectivity index (χ2v) is 6.70. The maximum absolute atomic E-state index is 12.1. The molecule has 0 aromatic rings. The van der Waals surface area contributed by atoms with Gasteiger partial charge in [-0.3, -0.25) is 0 Å². The number of hydrogen-bond donors (Lipinski definition) is 2. The van der Waals surface area contributed by atoms with Gasteiger partial charge in [0.15, 0.2) is 0 Å². The maximum atomic E-state index is 12.1. The van der Waals surface area contributed by atoms with Crippen molar-refractivity contribution < 1.29 is 14.6 Å². The number of carbonyl (C=O) groups is 1. The van der Waals surface area contributed by atoms with Crippen molar-refractivity contribution in [3.8, 4) is 0 Å². The first-order valence-corrected chi connectivity index (χ1v) is 8.37. The molecule has 0 spiro atoms. The molecule has 21 heavy (non-hydrogen) atoms. The van der Waals surface area contributed by atoms with Crippen molar-refractivity contribution in [1.29, 1.82) is 0 Å². The monoisotopic (exact) mass is 298 g/mol. The molecule has 2 N–H and O–H groups in total. The zero-order valence-electron chi connectivity index (χ0n) is 13.4. The number of aliphatic hydroxyl groups excluding tert-OH is 1. The number of ether oxygens (including phenoxy) is 1. The van der Waals surface area contributed by atoms with Gasteiger partial charge in [0.25, 0.3) is 0 Å². The van der Waals surface area contributed by atoms with Crippen molar-refractivity contribution >= 4 is 6.03 Å². The Morgan fingerprint density at radius 2 is 2.19 bits per heavy atom. The zero-order chi connectivity index (χ0) is 15.2. The SMILES string of the molecule is C[C@H](CC[C@@H]1CCCO1)NC(=O)N(C)C[C@H]1CCC[C@H]1O. The Bertz CT molecular complexity index is 331. The smallest absolute Gasteiger partial charge is 0.317 e. The molecule has 1 aliphatic carbocycles. The number of carbonyl (C=O) groups excluding carboxylic acids is 1. The Morgan fingerprint density at radius 3 is 2.81 bits per heavy atom. The van der Waals surface area contributed by atoms with E-state index in [1.54, 1.807) is 4.90 Å². The van der Waals surface area contributed by atoms with Crippen molar-refractivity contribution in [2.45, 2.75) is 70.1 Å². The molecule has 0 aromatic heterocycles. The van der Waals surface area contributed by atoms with E-state index in [2.05, 4.69) is 5.32 Å². The third kappa shape index (κ3) is 5.15. The van der Waals surface area contributed by atoms with Crippen molar-refractivity contribution in [3.63, 3.8) is 0 Å². The van der Waals surface area contributed by atoms with Gasteiger partial charge < -0.3 is 20.1 Å². The molecule has 1 saturated heterocycles. The minimum Gasteiger partial charge on any atom is -0.393 e. The summed E-state index contributed by atoms with van der Waals surface area (Å²) in [7, 11) is 1.81. The first kappa shape index (κ1) is 16.6. The molecule has 5 nitrogen and oxygen atoms in total. The molecule has 122 valence electrons. The van der Waals surface area contributed by atoms with E-state index in [9.17, 15) is 9.90 Å². The second kappa shape index (κ2) is 7.99. The fourth-order valence-corrected chi connectivity index (χ4v) is 3.37. The van der Waals surface area contributed by atoms with Crippen molar-refractivity contribution in [2.75, 3.05) is 20.2 Å². The van der Waals surface area contributed by atoms with E-state index in [0.29, 0.717) is 12.6 Å². The largest absolute Gasteiger partial charge is 0.393 e. The van der Waals surface area contributed by atoms with E-state index < -0.39 is 0 Å². The highest BCUT2D eigenvalue weighted by molar-refractivity contribution is 5.74. The summed E-state index contributed by atoms with van der Waals surface area (Å²) in [6, 6.07) is 0.131. The van der Waals surface area contributed by atoms with Crippen LogP contribution in [-0.4, -0.2) is 54.5 Å². The van der Waals surface area contributed by atoms with Crippen LogP contribution in [0.15, 0.2) is 0 Å². The molecule has 0 bridgehead atoms. The van der Waals surface area contributed by atoms with Gasteiger partial charge in [0.05, 0.1) is 12.2 Å². The molecule has 2 aliphatic rings. The van der Waals surface area contributed by atoms with Gasteiger partial charge in [-0.25, -0.2) is 4.79 Å². The second-order valence-electron chi connectivity index (χ2n) is 6.70. The van der Waals surface area contributed by atoms with E-state index >= 15 is 0 Å². The highest BCUT2D eigenvalue weighted by atomic mass is 16.5. The van der Waals surface area contributed by atoms with Crippen molar-refractivity contribution in [1.82, 2.24) is 10.2 Å². The first-order chi connectivity index (χ1) is 10.1. The van der Waals surface area contributed by atoms with Crippen LogP contribution in [0.4, 0.5) is 4.79 Å². The normalized spacial score (nSPS) is 30.3. The summed E-state index contributed by atoms with van der Waals surface area (Å²) in [5, 5.41) is 12.9. The number of hydrogen-bond acceptors (Lipinski definition) is 3. The Kier molecular flexibility index (Phi) is 6.30. The van der Waals surface area contributed by atoms with Crippen LogP contribution in [0.2, 0.25) is 0 Å². The molecule has 2 amide bonds. The number of aliphatic hydroxyl groups is 1. The summed E-state index contributed by atoms with van der Waals surface area (Å²) < 4.78 is 5.61. The summed E-state index contributed by atoms with van der Waals surface area (Å²) >= 11 is 0. The molecule has 2 fully saturated rings. The lowest BCUT2D eigenvalue weighted by atomic mass is 10.1. The average molecular weight is 298 g/mol. The van der Waals surface area contributed by atoms with Gasteiger partial charge >= 0.3 is 6.03 Å². The third-order valence-electron chi connectivity index (χ3n) is 4.79. The van der Waals surface area contributed by atoms with Gasteiger partial charge in [-0.2, -0.15) is 0 Å². The maximum Gasteiger partial charge on any atom is 0.317 e. The van der Waals surface area contributed by atoms with Gasteiger partial charge in [0.2, 0.25) is 0 Å². The highest BCUT2D eigenvalue weighted by Gasteiger charge is 2.27. The molecule has 0 radical (unpaired) electrons. The number of nitrogens with one attached hydrogen (secondary N) is 1. The van der Waals surface area contributed by atoms with E-state index in [1.807, 2.05) is 14.0 Å². The molecular weight excluding hydrogens is 268 g/mol. The van der Waals surface area contributed by atoms with Crippen LogP contribution in [0.1, 0.15) is 51.9 Å². The van der Waals surface area contributed by atoms with Crippen LogP contribution in [0.5, 0.6) is 0 Å². The Balaban J connectivity index is 1.64. The fraction of sp³-hybridized carbons (Fsp3) is 0.938. The van der Waals surface area contributed by atoms with Crippen LogP contribution >= 0.6 is 0 Å². The zero-order valence-corrected chi connectivity index (χ0v) is 13.4.